The van der Waals surface area contributed by atoms with E-state index in [1.807, 2.05) is 41.6 Å². The van der Waals surface area contributed by atoms with Gasteiger partial charge in [-0.2, -0.15) is 4.98 Å². The van der Waals surface area contributed by atoms with E-state index >= 15 is 0 Å². The lowest BCUT2D eigenvalue weighted by atomic mass is 10.2. The zero-order valence-corrected chi connectivity index (χ0v) is 24.6. The van der Waals surface area contributed by atoms with Crippen molar-refractivity contribution in [2.75, 3.05) is 60.1 Å². The van der Waals surface area contributed by atoms with Gasteiger partial charge in [-0.1, -0.05) is 6.07 Å². The van der Waals surface area contributed by atoms with Gasteiger partial charge in [0.1, 0.15) is 0 Å². The zero-order valence-electron chi connectivity index (χ0n) is 23.0. The van der Waals surface area contributed by atoms with Crippen LogP contribution in [-0.2, 0) is 10.0 Å². The van der Waals surface area contributed by atoms with E-state index < -0.39 is 14.8 Å². The number of fused-ring (bicyclic) bond motifs is 1. The molecule has 0 spiro atoms. The highest BCUT2D eigenvalue weighted by Crippen LogP contribution is 2.35. The number of sulfonamides is 1. The molecule has 0 bridgehead atoms. The van der Waals surface area contributed by atoms with Gasteiger partial charge in [-0.05, 0) is 81.7 Å². The third kappa shape index (κ3) is 5.95. The summed E-state index contributed by atoms with van der Waals surface area (Å²) in [6, 6.07) is 17.7. The van der Waals surface area contributed by atoms with Gasteiger partial charge in [-0.3, -0.25) is 4.72 Å². The van der Waals surface area contributed by atoms with Crippen molar-refractivity contribution < 1.29 is 8.42 Å². The van der Waals surface area contributed by atoms with Crippen molar-refractivity contribution in [1.82, 2.24) is 14.9 Å². The third-order valence-electron chi connectivity index (χ3n) is 6.89. The number of nitrogens with one attached hydrogen (secondary N) is 2. The van der Waals surface area contributed by atoms with E-state index in [0.29, 0.717) is 11.6 Å². The molecule has 4 aromatic rings. The maximum atomic E-state index is 12.7. The van der Waals surface area contributed by atoms with Crippen LogP contribution in [0.1, 0.15) is 20.8 Å². The van der Waals surface area contributed by atoms with Crippen LogP contribution in [0.2, 0.25) is 0 Å². The van der Waals surface area contributed by atoms with Crippen molar-refractivity contribution >= 4 is 66.1 Å². The Hall–Kier alpha value is -3.41. The topological polar surface area (TPSA) is 93.7 Å². The lowest BCUT2D eigenvalue weighted by molar-refractivity contribution is 0.313. The molecule has 1 aliphatic heterocycles. The SMILES string of the molecule is CN1CCN(c2ccc(Nc3nc(N(C)c4cccc(NS(=O)(=O)C(C)(C)C)c4)c4sccc4n3)cc2)CC1. The molecule has 2 N–H and O–H groups in total. The molecule has 0 unspecified atom stereocenters. The predicted octanol–water partition coefficient (Wildman–Crippen LogP) is 5.49. The monoisotopic (exact) mass is 565 g/mol. The first-order valence-electron chi connectivity index (χ1n) is 12.9. The molecular formula is C28H35N7O2S2. The number of aromatic nitrogens is 2. The lowest BCUT2D eigenvalue weighted by Crippen LogP contribution is -2.44. The smallest absolute Gasteiger partial charge is 0.237 e. The Kier molecular flexibility index (Phi) is 7.41. The molecular weight excluding hydrogens is 530 g/mol. The second-order valence-electron chi connectivity index (χ2n) is 10.8. The first kappa shape index (κ1) is 27.2. The summed E-state index contributed by atoms with van der Waals surface area (Å²) in [5, 5.41) is 5.37. The molecule has 0 aliphatic carbocycles. The normalized spacial score (nSPS) is 14.9. The summed E-state index contributed by atoms with van der Waals surface area (Å²) in [4.78, 5) is 16.3. The summed E-state index contributed by atoms with van der Waals surface area (Å²) in [7, 11) is 0.537. The third-order valence-corrected chi connectivity index (χ3v) is 9.90. The highest BCUT2D eigenvalue weighted by molar-refractivity contribution is 7.94. The van der Waals surface area contributed by atoms with E-state index in [0.717, 1.165) is 53.6 Å². The fourth-order valence-corrected chi connectivity index (χ4v) is 5.89. The molecule has 0 saturated carbocycles. The average molecular weight is 566 g/mol. The number of rotatable bonds is 7. The summed E-state index contributed by atoms with van der Waals surface area (Å²) in [6.45, 7) is 9.20. The molecule has 39 heavy (non-hydrogen) atoms. The molecule has 2 aromatic heterocycles. The molecule has 11 heteroatoms. The van der Waals surface area contributed by atoms with Gasteiger partial charge in [-0.15, -0.1) is 11.3 Å². The summed E-state index contributed by atoms with van der Waals surface area (Å²) >= 11 is 1.57. The van der Waals surface area contributed by atoms with Gasteiger partial charge in [0.2, 0.25) is 16.0 Å². The molecule has 206 valence electrons. The molecule has 5 rings (SSSR count). The van der Waals surface area contributed by atoms with Crippen LogP contribution in [0.25, 0.3) is 10.2 Å². The van der Waals surface area contributed by atoms with Crippen LogP contribution in [0.15, 0.2) is 60.0 Å². The Morgan fingerprint density at radius 2 is 1.67 bits per heavy atom. The van der Waals surface area contributed by atoms with Gasteiger partial charge in [0, 0.05) is 50.3 Å². The van der Waals surface area contributed by atoms with Crippen molar-refractivity contribution in [2.24, 2.45) is 0 Å². The first-order valence-corrected chi connectivity index (χ1v) is 15.3. The fourth-order valence-electron chi connectivity index (χ4n) is 4.29. The quantitative estimate of drug-likeness (QED) is 0.304. The highest BCUT2D eigenvalue weighted by Gasteiger charge is 2.29. The first-order chi connectivity index (χ1) is 18.5. The minimum absolute atomic E-state index is 0.500. The molecule has 1 fully saturated rings. The summed E-state index contributed by atoms with van der Waals surface area (Å²) < 4.78 is 28.1. The Morgan fingerprint density at radius 1 is 0.949 bits per heavy atom. The number of hydrogen-bond acceptors (Lipinski definition) is 9. The van der Waals surface area contributed by atoms with Gasteiger partial charge >= 0.3 is 0 Å². The van der Waals surface area contributed by atoms with Crippen LogP contribution in [-0.4, -0.2) is 68.3 Å². The zero-order chi connectivity index (χ0) is 27.8. The molecule has 0 radical (unpaired) electrons. The number of piperazine rings is 1. The summed E-state index contributed by atoms with van der Waals surface area (Å²) in [6.07, 6.45) is 0. The fraction of sp³-hybridized carbons (Fsp3) is 0.357. The van der Waals surface area contributed by atoms with E-state index in [4.69, 9.17) is 9.97 Å². The van der Waals surface area contributed by atoms with E-state index in [1.54, 1.807) is 38.2 Å². The molecule has 1 aliphatic rings. The van der Waals surface area contributed by atoms with Crippen molar-refractivity contribution in [2.45, 2.75) is 25.5 Å². The molecule has 1 saturated heterocycles. The van der Waals surface area contributed by atoms with Crippen molar-refractivity contribution in [1.29, 1.82) is 0 Å². The molecule has 2 aromatic carbocycles. The molecule has 0 amide bonds. The van der Waals surface area contributed by atoms with Crippen LogP contribution < -0.4 is 19.8 Å². The Bertz CT molecular complexity index is 1560. The van der Waals surface area contributed by atoms with Gasteiger partial charge in [0.25, 0.3) is 0 Å². The molecule has 9 nitrogen and oxygen atoms in total. The standard InChI is InChI=1S/C28H35N7O2S2/c1-28(2,3)39(36,37)32-21-7-6-8-23(19-21)34(5)26-25-24(13-18-38-25)30-27(31-26)29-20-9-11-22(12-10-20)35-16-14-33(4)15-17-35/h6-13,18-19,32H,14-17H2,1-5H3,(H,29,30,31). The summed E-state index contributed by atoms with van der Waals surface area (Å²) in [5.41, 5.74) is 4.28. The largest absolute Gasteiger partial charge is 0.369 e. The minimum Gasteiger partial charge on any atom is -0.369 e. The number of nitrogens with zero attached hydrogens (tertiary/aromatic N) is 5. The highest BCUT2D eigenvalue weighted by atomic mass is 32.2. The van der Waals surface area contributed by atoms with Gasteiger partial charge in [0.05, 0.1) is 20.7 Å². The molecule has 0 atom stereocenters. The van der Waals surface area contributed by atoms with Gasteiger partial charge in [0.15, 0.2) is 5.82 Å². The van der Waals surface area contributed by atoms with E-state index in [1.165, 1.54) is 5.69 Å². The minimum atomic E-state index is -3.55. The van der Waals surface area contributed by atoms with Crippen LogP contribution in [0, 0.1) is 0 Å². The van der Waals surface area contributed by atoms with Crippen LogP contribution in [0.5, 0.6) is 0 Å². The van der Waals surface area contributed by atoms with Crippen molar-refractivity contribution in [3.05, 3.63) is 60.0 Å². The number of hydrogen-bond donors (Lipinski definition) is 2. The lowest BCUT2D eigenvalue weighted by Gasteiger charge is -2.34. The summed E-state index contributed by atoms with van der Waals surface area (Å²) in [5.74, 6) is 1.24. The van der Waals surface area contributed by atoms with Gasteiger partial charge in [-0.25, -0.2) is 13.4 Å². The molecule has 3 heterocycles. The number of anilines is 6. The second-order valence-corrected chi connectivity index (χ2v) is 14.1. The van der Waals surface area contributed by atoms with E-state index in [-0.39, 0.29) is 0 Å². The second kappa shape index (κ2) is 10.6. The Balaban J connectivity index is 1.39. The van der Waals surface area contributed by atoms with E-state index in [2.05, 4.69) is 51.2 Å². The predicted molar refractivity (Wildman–Crippen MR) is 164 cm³/mol. The number of benzene rings is 2. The van der Waals surface area contributed by atoms with E-state index in [9.17, 15) is 8.42 Å². The Morgan fingerprint density at radius 3 is 2.36 bits per heavy atom. The van der Waals surface area contributed by atoms with Crippen molar-refractivity contribution in [3.63, 3.8) is 0 Å². The van der Waals surface area contributed by atoms with Crippen molar-refractivity contribution in [3.8, 4) is 0 Å². The number of thiophene rings is 1. The Labute approximate surface area is 234 Å². The number of likely N-dealkylation sites (N-methyl/N-ethyl adjacent to an activating group) is 1. The average Bonchev–Trinajstić information content (AvgIpc) is 3.37. The maximum absolute atomic E-state index is 12.7. The van der Waals surface area contributed by atoms with Gasteiger partial charge < -0.3 is 20.0 Å². The van der Waals surface area contributed by atoms with Crippen LogP contribution in [0.4, 0.5) is 34.5 Å². The van der Waals surface area contributed by atoms with Crippen LogP contribution >= 0.6 is 11.3 Å². The van der Waals surface area contributed by atoms with Crippen LogP contribution in [0.3, 0.4) is 0 Å². The maximum Gasteiger partial charge on any atom is 0.237 e.